The highest BCUT2D eigenvalue weighted by Gasteiger charge is 2.25. The summed E-state index contributed by atoms with van der Waals surface area (Å²) in [6.07, 6.45) is 5.08. The molecule has 1 heterocycles. The van der Waals surface area contributed by atoms with E-state index in [1.807, 2.05) is 12.1 Å². The van der Waals surface area contributed by atoms with Gasteiger partial charge < -0.3 is 10.3 Å². The van der Waals surface area contributed by atoms with Gasteiger partial charge in [0.2, 0.25) is 0 Å². The van der Waals surface area contributed by atoms with Gasteiger partial charge in [-0.05, 0) is 37.5 Å². The van der Waals surface area contributed by atoms with Gasteiger partial charge in [-0.1, -0.05) is 13.3 Å². The Morgan fingerprint density at radius 3 is 2.88 bits per heavy atom. The molecule has 0 aliphatic heterocycles. The summed E-state index contributed by atoms with van der Waals surface area (Å²) in [5.41, 5.74) is 9.00. The quantitative estimate of drug-likeness (QED) is 0.821. The summed E-state index contributed by atoms with van der Waals surface area (Å²) in [7, 11) is 0. The van der Waals surface area contributed by atoms with Crippen LogP contribution >= 0.6 is 0 Å². The molecule has 1 aromatic carbocycles. The Bertz CT molecular complexity index is 538. The van der Waals surface area contributed by atoms with Crippen molar-refractivity contribution >= 4 is 16.7 Å². The molecule has 1 fully saturated rings. The van der Waals surface area contributed by atoms with Crippen LogP contribution in [-0.2, 0) is 6.54 Å². The topological polar surface area (TPSA) is 43.8 Å². The molecule has 3 rings (SSSR count). The summed E-state index contributed by atoms with van der Waals surface area (Å²) in [5, 5.41) is 0. The van der Waals surface area contributed by atoms with Gasteiger partial charge in [0.1, 0.15) is 5.82 Å². The normalized spacial score (nSPS) is 16.3. The summed E-state index contributed by atoms with van der Waals surface area (Å²) in [4.78, 5) is 4.80. The molecular weight excluding hydrogens is 210 g/mol. The second-order valence-corrected chi connectivity index (χ2v) is 5.00. The molecule has 2 N–H and O–H groups in total. The van der Waals surface area contributed by atoms with Crippen LogP contribution in [0.3, 0.4) is 0 Å². The number of hydrogen-bond acceptors (Lipinski definition) is 2. The van der Waals surface area contributed by atoms with E-state index in [2.05, 4.69) is 17.6 Å². The average Bonchev–Trinajstić information content (AvgIpc) is 2.56. The van der Waals surface area contributed by atoms with E-state index in [0.717, 1.165) is 24.2 Å². The second-order valence-electron chi connectivity index (χ2n) is 5.00. The van der Waals surface area contributed by atoms with Gasteiger partial charge in [0.05, 0.1) is 11.0 Å². The minimum atomic E-state index is 0.676. The highest BCUT2D eigenvalue weighted by molar-refractivity contribution is 5.79. The number of anilines is 1. The summed E-state index contributed by atoms with van der Waals surface area (Å²) >= 11 is 0. The Morgan fingerprint density at radius 1 is 1.41 bits per heavy atom. The Kier molecular flexibility index (Phi) is 2.54. The van der Waals surface area contributed by atoms with Crippen LogP contribution in [0.1, 0.15) is 44.3 Å². The summed E-state index contributed by atoms with van der Waals surface area (Å²) < 4.78 is 2.37. The molecule has 3 heteroatoms. The Morgan fingerprint density at radius 2 is 2.24 bits per heavy atom. The zero-order chi connectivity index (χ0) is 11.8. The number of aryl methyl sites for hydroxylation is 1. The maximum Gasteiger partial charge on any atom is 0.112 e. The molecule has 1 aliphatic rings. The van der Waals surface area contributed by atoms with Gasteiger partial charge in [-0.2, -0.15) is 0 Å². The third-order valence-corrected chi connectivity index (χ3v) is 3.72. The summed E-state index contributed by atoms with van der Waals surface area (Å²) in [6, 6.07) is 6.04. The van der Waals surface area contributed by atoms with E-state index >= 15 is 0 Å². The Hall–Kier alpha value is -1.51. The van der Waals surface area contributed by atoms with E-state index in [4.69, 9.17) is 10.7 Å². The molecule has 0 radical (unpaired) electrons. The molecule has 1 aliphatic carbocycles. The van der Waals surface area contributed by atoms with E-state index < -0.39 is 0 Å². The molecule has 1 aromatic heterocycles. The van der Waals surface area contributed by atoms with Gasteiger partial charge in [0.25, 0.3) is 0 Å². The molecule has 0 unspecified atom stereocenters. The zero-order valence-electron chi connectivity index (χ0n) is 10.3. The number of hydrogen-bond donors (Lipinski definition) is 1. The number of rotatable bonds is 3. The van der Waals surface area contributed by atoms with Gasteiger partial charge in [-0.25, -0.2) is 4.98 Å². The van der Waals surface area contributed by atoms with Crippen LogP contribution < -0.4 is 5.73 Å². The standard InChI is InChI=1S/C14H19N3/c1-2-8-17-13-9-11(15)6-7-12(13)16-14(17)10-4-3-5-10/h6-7,9-10H,2-5,8,15H2,1H3. The van der Waals surface area contributed by atoms with Crippen LogP contribution in [0.15, 0.2) is 18.2 Å². The van der Waals surface area contributed by atoms with E-state index in [0.29, 0.717) is 5.92 Å². The van der Waals surface area contributed by atoms with Crippen molar-refractivity contribution in [2.24, 2.45) is 0 Å². The maximum atomic E-state index is 5.88. The molecular formula is C14H19N3. The van der Waals surface area contributed by atoms with Crippen LogP contribution in [0.25, 0.3) is 11.0 Å². The molecule has 17 heavy (non-hydrogen) atoms. The first-order valence-corrected chi connectivity index (χ1v) is 6.55. The fourth-order valence-corrected chi connectivity index (χ4v) is 2.60. The second kappa shape index (κ2) is 4.06. The molecule has 1 saturated carbocycles. The van der Waals surface area contributed by atoms with Crippen molar-refractivity contribution in [2.45, 2.75) is 45.1 Å². The fraction of sp³-hybridized carbons (Fsp3) is 0.500. The van der Waals surface area contributed by atoms with Crippen molar-refractivity contribution in [3.05, 3.63) is 24.0 Å². The number of fused-ring (bicyclic) bond motifs is 1. The lowest BCUT2D eigenvalue weighted by Gasteiger charge is -2.25. The Balaban J connectivity index is 2.15. The molecule has 0 atom stereocenters. The third kappa shape index (κ3) is 1.70. The predicted octanol–water partition coefficient (Wildman–Crippen LogP) is 3.30. The van der Waals surface area contributed by atoms with Crippen LogP contribution in [-0.4, -0.2) is 9.55 Å². The van der Waals surface area contributed by atoms with Crippen LogP contribution in [0.2, 0.25) is 0 Å². The van der Waals surface area contributed by atoms with E-state index in [1.54, 1.807) is 0 Å². The highest BCUT2D eigenvalue weighted by atomic mass is 15.1. The summed E-state index contributed by atoms with van der Waals surface area (Å²) in [6.45, 7) is 3.26. The smallest absolute Gasteiger partial charge is 0.112 e. The van der Waals surface area contributed by atoms with Gasteiger partial charge >= 0.3 is 0 Å². The van der Waals surface area contributed by atoms with Crippen molar-refractivity contribution in [2.75, 3.05) is 5.73 Å². The molecule has 2 aromatic rings. The molecule has 3 nitrogen and oxygen atoms in total. The molecule has 0 bridgehead atoms. The van der Waals surface area contributed by atoms with Gasteiger partial charge in [0, 0.05) is 18.2 Å². The van der Waals surface area contributed by atoms with Crippen LogP contribution in [0.4, 0.5) is 5.69 Å². The summed E-state index contributed by atoms with van der Waals surface area (Å²) in [5.74, 6) is 1.95. The molecule has 0 saturated heterocycles. The minimum absolute atomic E-state index is 0.676. The first kappa shape index (κ1) is 10.6. The largest absolute Gasteiger partial charge is 0.399 e. The maximum absolute atomic E-state index is 5.88. The average molecular weight is 229 g/mol. The molecule has 0 amide bonds. The zero-order valence-corrected chi connectivity index (χ0v) is 10.3. The van der Waals surface area contributed by atoms with E-state index in [1.165, 1.54) is 30.6 Å². The lowest BCUT2D eigenvalue weighted by molar-refractivity contribution is 0.388. The van der Waals surface area contributed by atoms with Crippen LogP contribution in [0.5, 0.6) is 0 Å². The Labute approximate surface area is 102 Å². The fourth-order valence-electron chi connectivity index (χ4n) is 2.60. The first-order valence-electron chi connectivity index (χ1n) is 6.55. The number of nitrogens with two attached hydrogens (primary N) is 1. The number of nitrogens with zero attached hydrogens (tertiary/aromatic N) is 2. The lowest BCUT2D eigenvalue weighted by Crippen LogP contribution is -2.15. The molecule has 90 valence electrons. The molecule has 0 spiro atoms. The van der Waals surface area contributed by atoms with Gasteiger partial charge in [-0.3, -0.25) is 0 Å². The van der Waals surface area contributed by atoms with Crippen LogP contribution in [0, 0.1) is 0 Å². The number of nitrogen functional groups attached to an aromatic ring is 1. The predicted molar refractivity (Wildman–Crippen MR) is 71.0 cm³/mol. The minimum Gasteiger partial charge on any atom is -0.399 e. The number of aromatic nitrogens is 2. The third-order valence-electron chi connectivity index (χ3n) is 3.72. The first-order chi connectivity index (χ1) is 8.29. The van der Waals surface area contributed by atoms with Crippen molar-refractivity contribution in [1.29, 1.82) is 0 Å². The highest BCUT2D eigenvalue weighted by Crippen LogP contribution is 2.37. The van der Waals surface area contributed by atoms with E-state index in [9.17, 15) is 0 Å². The van der Waals surface area contributed by atoms with E-state index in [-0.39, 0.29) is 0 Å². The van der Waals surface area contributed by atoms with Crippen molar-refractivity contribution in [1.82, 2.24) is 9.55 Å². The lowest BCUT2D eigenvalue weighted by atomic mass is 9.85. The monoisotopic (exact) mass is 229 g/mol. The van der Waals surface area contributed by atoms with Crippen molar-refractivity contribution in [3.8, 4) is 0 Å². The van der Waals surface area contributed by atoms with Gasteiger partial charge in [-0.15, -0.1) is 0 Å². The van der Waals surface area contributed by atoms with Gasteiger partial charge in [0.15, 0.2) is 0 Å². The number of imidazole rings is 1. The van der Waals surface area contributed by atoms with Crippen molar-refractivity contribution in [3.63, 3.8) is 0 Å². The SMILES string of the molecule is CCCn1c(C2CCC2)nc2ccc(N)cc21. The van der Waals surface area contributed by atoms with Crippen molar-refractivity contribution < 1.29 is 0 Å². The number of benzene rings is 1.